The first kappa shape index (κ1) is 22.4. The Balaban J connectivity index is 1.69. The van der Waals surface area contributed by atoms with E-state index < -0.39 is 16.7 Å². The number of imide groups is 1. The molecule has 2 aromatic heterocycles. The van der Waals surface area contributed by atoms with Crippen LogP contribution in [0.5, 0.6) is 0 Å². The molecule has 35 heavy (non-hydrogen) atoms. The van der Waals surface area contributed by atoms with Crippen LogP contribution in [0.1, 0.15) is 17.5 Å². The Morgan fingerprint density at radius 3 is 2.57 bits per heavy atom. The maximum absolute atomic E-state index is 13.0. The largest absolute Gasteiger partial charge is 0.379 e. The van der Waals surface area contributed by atoms with Crippen molar-refractivity contribution >= 4 is 67.4 Å². The van der Waals surface area contributed by atoms with E-state index in [4.69, 9.17) is 11.1 Å². The molecule has 0 spiro atoms. The van der Waals surface area contributed by atoms with Crippen LogP contribution in [-0.4, -0.2) is 37.2 Å². The van der Waals surface area contributed by atoms with Crippen LogP contribution >= 0.6 is 11.8 Å². The van der Waals surface area contributed by atoms with Crippen LogP contribution in [0, 0.1) is 15.5 Å². The number of carbonyl (C=O) groups excluding carboxylic acids is 2. The Kier molecular flexibility index (Phi) is 5.61. The summed E-state index contributed by atoms with van der Waals surface area (Å²) in [4.78, 5) is 40.1. The van der Waals surface area contributed by atoms with E-state index in [1.807, 2.05) is 28.8 Å². The number of H-pyrrole nitrogens is 1. The quantitative estimate of drug-likeness (QED) is 0.0776. The minimum absolute atomic E-state index is 0.0216. The van der Waals surface area contributed by atoms with Crippen LogP contribution in [0.25, 0.3) is 33.0 Å². The maximum atomic E-state index is 13.0. The van der Waals surface area contributed by atoms with Crippen molar-refractivity contribution in [3.05, 3.63) is 76.1 Å². The fourth-order valence-corrected chi connectivity index (χ4v) is 4.94. The summed E-state index contributed by atoms with van der Waals surface area (Å²) in [5.41, 5.74) is 8.39. The lowest BCUT2D eigenvalue weighted by atomic mass is 9.95. The van der Waals surface area contributed by atoms with Crippen molar-refractivity contribution in [3.8, 4) is 0 Å². The van der Waals surface area contributed by atoms with Gasteiger partial charge in [0.25, 0.3) is 17.5 Å². The van der Waals surface area contributed by atoms with Gasteiger partial charge in [0.2, 0.25) is 0 Å². The Labute approximate surface area is 202 Å². The number of amidine groups is 1. The molecule has 0 unspecified atom stereocenters. The van der Waals surface area contributed by atoms with Gasteiger partial charge in [0.05, 0.1) is 21.6 Å². The van der Waals surface area contributed by atoms with Crippen LogP contribution in [-0.2, 0) is 16.1 Å². The van der Waals surface area contributed by atoms with Gasteiger partial charge in [-0.3, -0.25) is 30.4 Å². The van der Waals surface area contributed by atoms with Crippen molar-refractivity contribution in [2.45, 2.75) is 13.0 Å². The summed E-state index contributed by atoms with van der Waals surface area (Å²) in [5, 5.41) is 22.7. The summed E-state index contributed by atoms with van der Waals surface area (Å²) in [6, 6.07) is 12.0. The van der Waals surface area contributed by atoms with Crippen LogP contribution in [0.3, 0.4) is 0 Å². The van der Waals surface area contributed by atoms with Crippen molar-refractivity contribution in [1.29, 1.82) is 5.41 Å². The second kappa shape index (κ2) is 8.76. The molecule has 1 aliphatic heterocycles. The van der Waals surface area contributed by atoms with Crippen LogP contribution in [0.4, 0.5) is 5.69 Å². The van der Waals surface area contributed by atoms with E-state index in [-0.39, 0.29) is 22.0 Å². The Morgan fingerprint density at radius 1 is 1.09 bits per heavy atom. The number of nitrogens with two attached hydrogens (primary N) is 1. The fourth-order valence-electron chi connectivity index (χ4n) is 4.44. The molecule has 3 heterocycles. The number of thioether (sulfide) groups is 1. The lowest BCUT2D eigenvalue weighted by Gasteiger charge is -2.05. The predicted molar refractivity (Wildman–Crippen MR) is 136 cm³/mol. The molecule has 5 rings (SSSR count). The molecule has 0 saturated heterocycles. The average Bonchev–Trinajstić information content (AvgIpc) is 3.49. The summed E-state index contributed by atoms with van der Waals surface area (Å²) >= 11 is 1.21. The van der Waals surface area contributed by atoms with Gasteiger partial charge in [-0.25, -0.2) is 0 Å². The number of nitrogens with one attached hydrogen (secondary N) is 3. The number of non-ortho nitro benzene ring substituents is 1. The van der Waals surface area contributed by atoms with E-state index >= 15 is 0 Å². The van der Waals surface area contributed by atoms with Crippen LogP contribution in [0.2, 0.25) is 0 Å². The SMILES string of the molecule is N=C(N)SCCCn1cc(C2=C(c3c[nH]c4ccccc34)C(=O)NC2=O)c2ccc([N+](=O)[O-])cc21. The first-order chi connectivity index (χ1) is 16.8. The smallest absolute Gasteiger partial charge is 0.271 e. The van der Waals surface area contributed by atoms with Gasteiger partial charge in [-0.05, 0) is 18.6 Å². The zero-order chi connectivity index (χ0) is 24.7. The van der Waals surface area contributed by atoms with Gasteiger partial charge in [0.1, 0.15) is 0 Å². The molecular weight excluding hydrogens is 468 g/mol. The average molecular weight is 489 g/mol. The lowest BCUT2D eigenvalue weighted by Crippen LogP contribution is -2.22. The minimum Gasteiger partial charge on any atom is -0.379 e. The van der Waals surface area contributed by atoms with E-state index in [9.17, 15) is 19.7 Å². The zero-order valence-electron chi connectivity index (χ0n) is 18.3. The van der Waals surface area contributed by atoms with Crippen molar-refractivity contribution in [2.75, 3.05) is 5.75 Å². The molecule has 0 atom stereocenters. The highest BCUT2D eigenvalue weighted by Gasteiger charge is 2.35. The van der Waals surface area contributed by atoms with Gasteiger partial charge in [-0.15, -0.1) is 0 Å². The number of carbonyl (C=O) groups is 2. The molecule has 10 nitrogen and oxygen atoms in total. The zero-order valence-corrected chi connectivity index (χ0v) is 19.1. The Morgan fingerprint density at radius 2 is 1.83 bits per heavy atom. The Bertz CT molecular complexity index is 1580. The highest BCUT2D eigenvalue weighted by atomic mass is 32.2. The summed E-state index contributed by atoms with van der Waals surface area (Å²) in [7, 11) is 0. The number of hydrogen-bond donors (Lipinski definition) is 4. The molecule has 11 heteroatoms. The number of nitro groups is 1. The molecule has 0 saturated carbocycles. The number of fused-ring (bicyclic) bond motifs is 2. The number of nitro benzene ring substituents is 1. The first-order valence-corrected chi connectivity index (χ1v) is 11.7. The number of para-hydroxylation sites is 1. The van der Waals surface area contributed by atoms with Crippen molar-refractivity contribution < 1.29 is 14.5 Å². The number of amides is 2. The fraction of sp³-hybridized carbons (Fsp3) is 0.125. The standard InChI is InChI=1S/C24H20N6O4S/c25-24(26)35-9-3-8-29-12-17(15-7-6-13(30(33)34)10-19(15)29)21-20(22(31)28-23(21)32)16-11-27-18-5-2-1-4-14(16)18/h1-2,4-7,10-12,27H,3,8-9H2,(H3,25,26)(H,28,31,32). The molecule has 5 N–H and O–H groups in total. The molecule has 4 aromatic rings. The topological polar surface area (TPSA) is 160 Å². The second-order valence-corrected chi connectivity index (χ2v) is 9.18. The van der Waals surface area contributed by atoms with Crippen molar-refractivity contribution in [2.24, 2.45) is 5.73 Å². The molecule has 176 valence electrons. The summed E-state index contributed by atoms with van der Waals surface area (Å²) in [6.45, 7) is 0.489. The van der Waals surface area contributed by atoms with Gasteiger partial charge < -0.3 is 15.3 Å². The van der Waals surface area contributed by atoms with E-state index in [1.54, 1.807) is 18.5 Å². The monoisotopic (exact) mass is 488 g/mol. The van der Waals surface area contributed by atoms with Crippen molar-refractivity contribution in [1.82, 2.24) is 14.9 Å². The van der Waals surface area contributed by atoms with E-state index in [0.717, 1.165) is 10.9 Å². The highest BCUT2D eigenvalue weighted by molar-refractivity contribution is 8.13. The van der Waals surface area contributed by atoms with E-state index in [2.05, 4.69) is 10.3 Å². The predicted octanol–water partition coefficient (Wildman–Crippen LogP) is 3.61. The maximum Gasteiger partial charge on any atom is 0.271 e. The van der Waals surface area contributed by atoms with E-state index in [0.29, 0.717) is 40.7 Å². The first-order valence-electron chi connectivity index (χ1n) is 10.8. The molecule has 2 amide bonds. The summed E-state index contributed by atoms with van der Waals surface area (Å²) < 4.78 is 1.84. The third-order valence-corrected chi connectivity index (χ3v) is 6.74. The number of aryl methyl sites for hydroxylation is 1. The van der Waals surface area contributed by atoms with Gasteiger partial charge in [-0.1, -0.05) is 30.0 Å². The van der Waals surface area contributed by atoms with Gasteiger partial charge in [0, 0.05) is 64.2 Å². The summed E-state index contributed by atoms with van der Waals surface area (Å²) in [6.07, 6.45) is 4.12. The van der Waals surface area contributed by atoms with Crippen LogP contribution in [0.15, 0.2) is 54.9 Å². The third kappa shape index (κ3) is 3.95. The lowest BCUT2D eigenvalue weighted by molar-refractivity contribution is -0.384. The number of aromatic amines is 1. The molecule has 1 aliphatic rings. The normalized spacial score (nSPS) is 13.7. The second-order valence-electron chi connectivity index (χ2n) is 8.04. The van der Waals surface area contributed by atoms with Gasteiger partial charge in [-0.2, -0.15) is 0 Å². The van der Waals surface area contributed by atoms with Crippen LogP contribution < -0.4 is 11.1 Å². The molecule has 0 fully saturated rings. The number of rotatable bonds is 7. The highest BCUT2D eigenvalue weighted by Crippen LogP contribution is 2.39. The van der Waals surface area contributed by atoms with Gasteiger partial charge in [0.15, 0.2) is 5.17 Å². The number of aromatic nitrogens is 2. The van der Waals surface area contributed by atoms with Gasteiger partial charge >= 0.3 is 0 Å². The molecule has 2 aromatic carbocycles. The molecule has 0 bridgehead atoms. The number of hydrogen-bond acceptors (Lipinski definition) is 6. The summed E-state index contributed by atoms with van der Waals surface area (Å²) in [5.74, 6) is -0.406. The Hall–Kier alpha value is -4.38. The van der Waals surface area contributed by atoms with E-state index in [1.165, 1.54) is 23.9 Å². The van der Waals surface area contributed by atoms with Crippen molar-refractivity contribution in [3.63, 3.8) is 0 Å². The number of benzene rings is 2. The third-order valence-electron chi connectivity index (χ3n) is 5.94. The molecule has 0 radical (unpaired) electrons. The number of nitrogens with zero attached hydrogens (tertiary/aromatic N) is 2. The molecular formula is C24H20N6O4S. The molecule has 0 aliphatic carbocycles. The minimum atomic E-state index is -0.514.